The van der Waals surface area contributed by atoms with E-state index in [0.29, 0.717) is 5.57 Å². The highest BCUT2D eigenvalue weighted by Gasteiger charge is 2.44. The molecule has 0 saturated heterocycles. The van der Waals surface area contributed by atoms with Gasteiger partial charge in [-0.3, -0.25) is 0 Å². The Bertz CT molecular complexity index is 599. The van der Waals surface area contributed by atoms with Crippen molar-refractivity contribution in [1.29, 1.82) is 0 Å². The molecule has 4 N–H and O–H groups in total. The Morgan fingerprint density at radius 2 is 2.00 bits per heavy atom. The van der Waals surface area contributed by atoms with Gasteiger partial charge in [-0.05, 0) is 58.4 Å². The van der Waals surface area contributed by atoms with Crippen LogP contribution in [0.5, 0.6) is 0 Å². The molecule has 1 saturated carbocycles. The first-order chi connectivity index (χ1) is 12.4. The maximum absolute atomic E-state index is 13.9. The number of aliphatic hydroxyl groups is 1. The van der Waals surface area contributed by atoms with E-state index in [-0.39, 0.29) is 12.8 Å². The van der Waals surface area contributed by atoms with Crippen LogP contribution in [0.3, 0.4) is 0 Å². The first kappa shape index (κ1) is 23.6. The molecule has 0 amide bonds. The summed E-state index contributed by atoms with van der Waals surface area (Å²) in [6.07, 6.45) is 9.19. The number of nitrogens with two attached hydrogens (primary N) is 1. The minimum absolute atomic E-state index is 0.233. The number of alkyl halides is 1. The van der Waals surface area contributed by atoms with Crippen LogP contribution in [-0.2, 0) is 4.79 Å². The molecule has 1 fully saturated rings. The van der Waals surface area contributed by atoms with Crippen LogP contribution in [0.1, 0.15) is 72.6 Å². The maximum atomic E-state index is 13.9. The van der Waals surface area contributed by atoms with Crippen molar-refractivity contribution in [1.82, 2.24) is 0 Å². The topological polar surface area (TPSA) is 83.5 Å². The third-order valence-electron chi connectivity index (χ3n) is 5.26. The molecule has 4 nitrogen and oxygen atoms in total. The number of rotatable bonds is 12. The fourth-order valence-electron chi connectivity index (χ4n) is 3.26. The second-order valence-electron chi connectivity index (χ2n) is 8.57. The smallest absolute Gasteiger partial charge is 0.337 e. The molecule has 154 valence electrons. The van der Waals surface area contributed by atoms with Gasteiger partial charge in [-0.25, -0.2) is 9.18 Å². The van der Waals surface area contributed by atoms with Gasteiger partial charge in [-0.2, -0.15) is 0 Å². The second-order valence-corrected chi connectivity index (χ2v) is 8.57. The Labute approximate surface area is 163 Å². The van der Waals surface area contributed by atoms with Crippen molar-refractivity contribution in [2.75, 3.05) is 0 Å². The molecule has 0 bridgehead atoms. The molecule has 27 heavy (non-hydrogen) atoms. The highest BCUT2D eigenvalue weighted by Crippen LogP contribution is 2.35. The molecule has 1 aliphatic carbocycles. The molecule has 0 aliphatic heterocycles. The van der Waals surface area contributed by atoms with Crippen LogP contribution in [0, 0.1) is 5.92 Å². The van der Waals surface area contributed by atoms with Gasteiger partial charge in [0.25, 0.3) is 0 Å². The average molecular weight is 382 g/mol. The van der Waals surface area contributed by atoms with Crippen molar-refractivity contribution < 1.29 is 19.4 Å². The fourth-order valence-corrected chi connectivity index (χ4v) is 3.26. The molecule has 0 aromatic heterocycles. The third-order valence-corrected chi connectivity index (χ3v) is 5.26. The Balaban J connectivity index is 2.89. The van der Waals surface area contributed by atoms with E-state index in [4.69, 9.17) is 5.73 Å². The fraction of sp³-hybridized carbons (Fsp3) is 0.682. The monoisotopic (exact) mass is 381 g/mol. The number of aliphatic carboxylic acids is 1. The average Bonchev–Trinajstić information content (AvgIpc) is 3.35. The highest BCUT2D eigenvalue weighted by molar-refractivity contribution is 5.79. The largest absolute Gasteiger partial charge is 0.479 e. The van der Waals surface area contributed by atoms with E-state index in [1.165, 1.54) is 33.1 Å². The van der Waals surface area contributed by atoms with Gasteiger partial charge >= 0.3 is 5.97 Å². The van der Waals surface area contributed by atoms with Gasteiger partial charge in [-0.1, -0.05) is 49.1 Å². The second kappa shape index (κ2) is 9.65. The van der Waals surface area contributed by atoms with Crippen LogP contribution in [0.15, 0.2) is 35.5 Å². The van der Waals surface area contributed by atoms with Crippen LogP contribution in [0.25, 0.3) is 0 Å². The molecule has 1 aliphatic rings. The molecule has 0 radical (unpaired) electrons. The number of halogens is 1. The van der Waals surface area contributed by atoms with Crippen LogP contribution in [0.2, 0.25) is 0 Å². The van der Waals surface area contributed by atoms with Gasteiger partial charge in [0, 0.05) is 12.5 Å². The molecular weight excluding hydrogens is 345 g/mol. The van der Waals surface area contributed by atoms with Crippen molar-refractivity contribution in [2.24, 2.45) is 11.7 Å². The summed E-state index contributed by atoms with van der Waals surface area (Å²) >= 11 is 0. The van der Waals surface area contributed by atoms with Crippen molar-refractivity contribution in [3.05, 3.63) is 35.5 Å². The van der Waals surface area contributed by atoms with E-state index >= 15 is 0 Å². The summed E-state index contributed by atoms with van der Waals surface area (Å²) in [5, 5.41) is 20.2. The molecular formula is C22H36FNO3. The summed E-state index contributed by atoms with van der Waals surface area (Å²) < 4.78 is 13.9. The number of hydrogen-bond acceptors (Lipinski definition) is 3. The van der Waals surface area contributed by atoms with Crippen molar-refractivity contribution >= 4 is 5.97 Å². The molecule has 0 spiro atoms. The van der Waals surface area contributed by atoms with Crippen molar-refractivity contribution in [2.45, 2.75) is 90.0 Å². The van der Waals surface area contributed by atoms with Gasteiger partial charge in [-0.15, -0.1) is 0 Å². The lowest BCUT2D eigenvalue weighted by Gasteiger charge is -2.32. The van der Waals surface area contributed by atoms with E-state index in [9.17, 15) is 19.4 Å². The normalized spacial score (nSPS) is 19.5. The lowest BCUT2D eigenvalue weighted by atomic mass is 9.82. The van der Waals surface area contributed by atoms with Crippen molar-refractivity contribution in [3.63, 3.8) is 0 Å². The first-order valence-electron chi connectivity index (χ1n) is 9.81. The summed E-state index contributed by atoms with van der Waals surface area (Å²) in [5.74, 6) is -0.591. The summed E-state index contributed by atoms with van der Waals surface area (Å²) in [7, 11) is 0. The minimum Gasteiger partial charge on any atom is -0.479 e. The minimum atomic E-state index is -2.25. The van der Waals surface area contributed by atoms with E-state index in [2.05, 4.69) is 6.58 Å². The molecule has 0 aromatic rings. The predicted octanol–water partition coefficient (Wildman–Crippen LogP) is 4.69. The van der Waals surface area contributed by atoms with Crippen LogP contribution in [-0.4, -0.2) is 33.5 Å². The molecule has 0 heterocycles. The molecule has 5 heteroatoms. The van der Waals surface area contributed by atoms with E-state index in [1.54, 1.807) is 0 Å². The van der Waals surface area contributed by atoms with E-state index in [1.807, 2.05) is 26.0 Å². The molecule has 1 rings (SSSR count). The summed E-state index contributed by atoms with van der Waals surface area (Å²) in [6.45, 7) is 10.5. The van der Waals surface area contributed by atoms with Gasteiger partial charge in [0.15, 0.2) is 5.60 Å². The lowest BCUT2D eigenvalue weighted by Crippen LogP contribution is -2.56. The molecule has 0 aromatic carbocycles. The zero-order valence-corrected chi connectivity index (χ0v) is 17.2. The van der Waals surface area contributed by atoms with Crippen LogP contribution >= 0.6 is 0 Å². The zero-order chi connectivity index (χ0) is 20.8. The Kier molecular flexibility index (Phi) is 8.43. The highest BCUT2D eigenvalue weighted by atomic mass is 19.1. The summed E-state index contributed by atoms with van der Waals surface area (Å²) in [6, 6.07) is -1.23. The van der Waals surface area contributed by atoms with E-state index in [0.717, 1.165) is 29.9 Å². The molecule has 2 unspecified atom stereocenters. The summed E-state index contributed by atoms with van der Waals surface area (Å²) in [5.41, 5.74) is 4.64. The Morgan fingerprint density at radius 1 is 1.41 bits per heavy atom. The predicted molar refractivity (Wildman–Crippen MR) is 108 cm³/mol. The van der Waals surface area contributed by atoms with Gasteiger partial charge in [0.05, 0.1) is 0 Å². The number of allylic oxidation sites excluding steroid dienone is 4. The number of carboxylic acid groups (broad SMARTS) is 1. The first-order valence-corrected chi connectivity index (χ1v) is 9.81. The SMILES string of the molecule is C=C(/C=C(CCCC1CC1)\C(C)=C/C)CC(O)(C(=O)O)C(N)CC(C)(C)F. The number of hydrogen-bond donors (Lipinski definition) is 3. The summed E-state index contributed by atoms with van der Waals surface area (Å²) in [4.78, 5) is 11.7. The Morgan fingerprint density at radius 3 is 2.44 bits per heavy atom. The number of carboxylic acids is 1. The zero-order valence-electron chi connectivity index (χ0n) is 17.2. The maximum Gasteiger partial charge on any atom is 0.337 e. The lowest BCUT2D eigenvalue weighted by molar-refractivity contribution is -0.161. The standard InChI is InChI=1S/C22H36FNO3/c1-6-16(3)18(9-7-8-17-10-11-17)12-15(2)13-22(27,20(25)26)19(24)14-21(4,5)23/h6,12,17,19,27H,2,7-11,13-14,24H2,1,3-5H3,(H,25,26)/b16-6-,18-12-. The van der Waals surface area contributed by atoms with E-state index < -0.39 is 23.3 Å². The van der Waals surface area contributed by atoms with Crippen molar-refractivity contribution in [3.8, 4) is 0 Å². The van der Waals surface area contributed by atoms with Gasteiger partial charge in [0.1, 0.15) is 5.67 Å². The van der Waals surface area contributed by atoms with Gasteiger partial charge in [0.2, 0.25) is 0 Å². The quantitative estimate of drug-likeness (QED) is 0.428. The van der Waals surface area contributed by atoms with Gasteiger partial charge < -0.3 is 15.9 Å². The third kappa shape index (κ3) is 7.97. The van der Waals surface area contributed by atoms with Crippen LogP contribution < -0.4 is 5.73 Å². The Hall–Kier alpha value is -1.46. The number of carbonyl (C=O) groups is 1. The molecule has 2 atom stereocenters. The van der Waals surface area contributed by atoms with Crippen LogP contribution in [0.4, 0.5) is 4.39 Å².